The Hall–Kier alpha value is -0.480. The van der Waals surface area contributed by atoms with Crippen LogP contribution in [0, 0.1) is 0 Å². The van der Waals surface area contributed by atoms with Crippen molar-refractivity contribution in [2.24, 2.45) is 5.73 Å². The number of rotatable bonds is 2. The molecule has 0 saturated carbocycles. The smallest absolute Gasteiger partial charge is 0.0621 e. The van der Waals surface area contributed by atoms with E-state index < -0.39 is 0 Å². The number of hydrogen-bond donors (Lipinski definition) is 1. The minimum atomic E-state index is 0.0908. The average Bonchev–Trinajstić information content (AvgIpc) is 2.74. The second-order valence-corrected chi connectivity index (χ2v) is 4.66. The van der Waals surface area contributed by atoms with E-state index in [1.807, 2.05) is 30.9 Å². The fourth-order valence-electron chi connectivity index (χ4n) is 1.71. The topological polar surface area (TPSA) is 43.8 Å². The van der Waals surface area contributed by atoms with Gasteiger partial charge in [-0.2, -0.15) is 16.9 Å². The molecular weight excluding hydrogens is 182 g/mol. The Balaban J connectivity index is 2.23. The number of aromatic nitrogens is 2. The molecular formula is C9H15N3S. The zero-order valence-corrected chi connectivity index (χ0v) is 8.63. The Bertz CT molecular complexity index is 276. The summed E-state index contributed by atoms with van der Waals surface area (Å²) in [7, 11) is 0. The standard InChI is InChI=1S/C9H15N3S/c1-7(10)9-2-4-11-12(9)8-3-5-13-6-8/h2,4,7-8H,3,5-6,10H2,1H3. The summed E-state index contributed by atoms with van der Waals surface area (Å²) in [5.74, 6) is 2.43. The van der Waals surface area contributed by atoms with Crippen molar-refractivity contribution in [3.63, 3.8) is 0 Å². The van der Waals surface area contributed by atoms with E-state index >= 15 is 0 Å². The summed E-state index contributed by atoms with van der Waals surface area (Å²) in [5, 5.41) is 4.34. The number of nitrogens with zero attached hydrogens (tertiary/aromatic N) is 2. The maximum atomic E-state index is 5.86. The molecule has 1 saturated heterocycles. The highest BCUT2D eigenvalue weighted by Gasteiger charge is 2.20. The van der Waals surface area contributed by atoms with Crippen LogP contribution in [-0.4, -0.2) is 21.3 Å². The lowest BCUT2D eigenvalue weighted by Gasteiger charge is -2.15. The Morgan fingerprint density at radius 1 is 1.77 bits per heavy atom. The number of thioether (sulfide) groups is 1. The number of hydrogen-bond acceptors (Lipinski definition) is 3. The van der Waals surface area contributed by atoms with Gasteiger partial charge in [0.2, 0.25) is 0 Å². The summed E-state index contributed by atoms with van der Waals surface area (Å²) in [4.78, 5) is 0. The Kier molecular flexibility index (Phi) is 2.60. The normalized spacial score (nSPS) is 24.9. The van der Waals surface area contributed by atoms with E-state index in [0.29, 0.717) is 6.04 Å². The van der Waals surface area contributed by atoms with Crippen molar-refractivity contribution in [3.8, 4) is 0 Å². The third-order valence-electron chi connectivity index (χ3n) is 2.42. The monoisotopic (exact) mass is 197 g/mol. The van der Waals surface area contributed by atoms with Gasteiger partial charge < -0.3 is 5.73 Å². The average molecular weight is 197 g/mol. The highest BCUT2D eigenvalue weighted by molar-refractivity contribution is 7.99. The molecule has 1 fully saturated rings. The molecule has 0 bridgehead atoms. The second-order valence-electron chi connectivity index (χ2n) is 3.51. The molecule has 0 aromatic carbocycles. The minimum Gasteiger partial charge on any atom is -0.323 e. The zero-order valence-electron chi connectivity index (χ0n) is 7.81. The van der Waals surface area contributed by atoms with E-state index in [1.165, 1.54) is 17.9 Å². The van der Waals surface area contributed by atoms with Gasteiger partial charge in [-0.15, -0.1) is 0 Å². The van der Waals surface area contributed by atoms with Crippen molar-refractivity contribution in [2.75, 3.05) is 11.5 Å². The van der Waals surface area contributed by atoms with Gasteiger partial charge in [0.05, 0.1) is 11.7 Å². The van der Waals surface area contributed by atoms with Gasteiger partial charge in [-0.3, -0.25) is 4.68 Å². The van der Waals surface area contributed by atoms with Gasteiger partial charge in [0, 0.05) is 18.0 Å². The lowest BCUT2D eigenvalue weighted by Crippen LogP contribution is -2.17. The van der Waals surface area contributed by atoms with Crippen LogP contribution in [-0.2, 0) is 0 Å². The molecule has 72 valence electrons. The van der Waals surface area contributed by atoms with Crippen molar-refractivity contribution < 1.29 is 0 Å². The van der Waals surface area contributed by atoms with Crippen LogP contribution in [0.5, 0.6) is 0 Å². The molecule has 2 atom stereocenters. The van der Waals surface area contributed by atoms with Crippen LogP contribution in [0.15, 0.2) is 12.3 Å². The summed E-state index contributed by atoms with van der Waals surface area (Å²) >= 11 is 2.00. The largest absolute Gasteiger partial charge is 0.323 e. The van der Waals surface area contributed by atoms with Crippen molar-refractivity contribution >= 4 is 11.8 Å². The maximum absolute atomic E-state index is 5.86. The van der Waals surface area contributed by atoms with E-state index in [2.05, 4.69) is 9.78 Å². The van der Waals surface area contributed by atoms with Gasteiger partial charge in [0.1, 0.15) is 0 Å². The predicted molar refractivity (Wildman–Crippen MR) is 55.8 cm³/mol. The lowest BCUT2D eigenvalue weighted by molar-refractivity contribution is 0.470. The summed E-state index contributed by atoms with van der Waals surface area (Å²) in [6.07, 6.45) is 3.08. The summed E-state index contributed by atoms with van der Waals surface area (Å²) < 4.78 is 2.10. The SMILES string of the molecule is CC(N)c1ccnn1C1CCSC1. The van der Waals surface area contributed by atoms with Crippen LogP contribution in [0.4, 0.5) is 0 Å². The van der Waals surface area contributed by atoms with Crippen LogP contribution in [0.3, 0.4) is 0 Å². The van der Waals surface area contributed by atoms with E-state index in [-0.39, 0.29) is 6.04 Å². The summed E-state index contributed by atoms with van der Waals surface area (Å²) in [6, 6.07) is 2.68. The van der Waals surface area contributed by atoms with Crippen LogP contribution in [0.1, 0.15) is 31.1 Å². The first-order valence-corrected chi connectivity index (χ1v) is 5.81. The first-order chi connectivity index (χ1) is 6.29. The molecule has 1 aromatic rings. The molecule has 1 aliphatic rings. The van der Waals surface area contributed by atoms with Crippen molar-refractivity contribution in [3.05, 3.63) is 18.0 Å². The summed E-state index contributed by atoms with van der Waals surface area (Å²) in [6.45, 7) is 2.01. The first-order valence-electron chi connectivity index (χ1n) is 4.66. The molecule has 4 heteroatoms. The third-order valence-corrected chi connectivity index (χ3v) is 3.56. The Morgan fingerprint density at radius 2 is 2.62 bits per heavy atom. The van der Waals surface area contributed by atoms with Crippen LogP contribution in [0.25, 0.3) is 0 Å². The Morgan fingerprint density at radius 3 is 3.23 bits per heavy atom. The molecule has 2 N–H and O–H groups in total. The molecule has 13 heavy (non-hydrogen) atoms. The predicted octanol–water partition coefficient (Wildman–Crippen LogP) is 1.58. The number of nitrogens with two attached hydrogens (primary N) is 1. The van der Waals surface area contributed by atoms with Crippen LogP contribution in [0.2, 0.25) is 0 Å². The summed E-state index contributed by atoms with van der Waals surface area (Å²) in [5.41, 5.74) is 7.02. The maximum Gasteiger partial charge on any atom is 0.0621 e. The highest BCUT2D eigenvalue weighted by Crippen LogP contribution is 2.29. The van der Waals surface area contributed by atoms with E-state index in [9.17, 15) is 0 Å². The van der Waals surface area contributed by atoms with E-state index in [1.54, 1.807) is 0 Å². The molecule has 2 rings (SSSR count). The van der Waals surface area contributed by atoms with Gasteiger partial charge in [-0.05, 0) is 25.2 Å². The first kappa shape index (κ1) is 9.09. The quantitative estimate of drug-likeness (QED) is 0.783. The zero-order chi connectivity index (χ0) is 9.26. The molecule has 1 aromatic heterocycles. The van der Waals surface area contributed by atoms with Crippen LogP contribution < -0.4 is 5.73 Å². The third kappa shape index (κ3) is 1.74. The van der Waals surface area contributed by atoms with Crippen molar-refractivity contribution in [1.82, 2.24) is 9.78 Å². The van der Waals surface area contributed by atoms with Crippen molar-refractivity contribution in [2.45, 2.75) is 25.4 Å². The molecule has 0 amide bonds. The second kappa shape index (κ2) is 3.72. The van der Waals surface area contributed by atoms with Gasteiger partial charge in [0.25, 0.3) is 0 Å². The molecule has 0 radical (unpaired) electrons. The van der Waals surface area contributed by atoms with E-state index in [0.717, 1.165) is 5.69 Å². The molecule has 1 aliphatic heterocycles. The molecule has 0 spiro atoms. The molecule has 0 aliphatic carbocycles. The highest BCUT2D eigenvalue weighted by atomic mass is 32.2. The fraction of sp³-hybridized carbons (Fsp3) is 0.667. The molecule has 2 heterocycles. The molecule has 3 nitrogen and oxygen atoms in total. The van der Waals surface area contributed by atoms with Gasteiger partial charge >= 0.3 is 0 Å². The van der Waals surface area contributed by atoms with E-state index in [4.69, 9.17) is 5.73 Å². The lowest BCUT2D eigenvalue weighted by atomic mass is 10.2. The Labute approximate surface area is 82.7 Å². The van der Waals surface area contributed by atoms with Gasteiger partial charge in [-0.25, -0.2) is 0 Å². The minimum absolute atomic E-state index is 0.0908. The van der Waals surface area contributed by atoms with Gasteiger partial charge in [-0.1, -0.05) is 0 Å². The van der Waals surface area contributed by atoms with Crippen molar-refractivity contribution in [1.29, 1.82) is 0 Å². The van der Waals surface area contributed by atoms with Gasteiger partial charge in [0.15, 0.2) is 0 Å². The fourth-order valence-corrected chi connectivity index (χ4v) is 2.89. The molecule has 2 unspecified atom stereocenters. The van der Waals surface area contributed by atoms with Crippen LogP contribution >= 0.6 is 11.8 Å².